The lowest BCUT2D eigenvalue weighted by Gasteiger charge is -2.40. The molecule has 0 spiro atoms. The zero-order valence-electron chi connectivity index (χ0n) is 19.5. The molecular weight excluding hydrogens is 465 g/mol. The Balaban J connectivity index is 1.14. The molecule has 10 nitrogen and oxygen atoms in total. The predicted octanol–water partition coefficient (Wildman–Crippen LogP) is 2.67. The van der Waals surface area contributed by atoms with Gasteiger partial charge in [-0.15, -0.1) is 20.4 Å². The topological polar surface area (TPSA) is 118 Å². The standard InChI is InChI=1S/C25H26FN7O3/c26-23-17-6-2-14(28-17)10-20(23)33(15-3-4-15)25-27-12-19(30-32-25)16-5-1-13(9-21(16)34)18-11-22-24(31-29-18)36-8-7-35-22/h1,5,9,11-12,14-15,17,20,23,28,34H,2-4,6-8,10H2/t14-,17-,20+,23-/m0/s1. The summed E-state index contributed by atoms with van der Waals surface area (Å²) in [6.07, 6.45) is 5.33. The van der Waals surface area contributed by atoms with Gasteiger partial charge in [0.2, 0.25) is 5.95 Å². The van der Waals surface area contributed by atoms with Gasteiger partial charge >= 0.3 is 0 Å². The molecule has 2 aromatic heterocycles. The summed E-state index contributed by atoms with van der Waals surface area (Å²) in [7, 11) is 0. The van der Waals surface area contributed by atoms with Crippen LogP contribution in [0.3, 0.4) is 0 Å². The van der Waals surface area contributed by atoms with Crippen LogP contribution in [0.25, 0.3) is 22.5 Å². The Bertz CT molecular complexity index is 1290. The van der Waals surface area contributed by atoms with E-state index in [9.17, 15) is 5.11 Å². The monoisotopic (exact) mass is 491 g/mol. The van der Waals surface area contributed by atoms with Gasteiger partial charge in [0.15, 0.2) is 5.75 Å². The molecule has 0 unspecified atom stereocenters. The zero-order valence-corrected chi connectivity index (χ0v) is 19.5. The van der Waals surface area contributed by atoms with Gasteiger partial charge in [0.05, 0.1) is 17.9 Å². The molecule has 3 aliphatic heterocycles. The number of phenolic OH excluding ortho intramolecular Hbond substituents is 1. The summed E-state index contributed by atoms with van der Waals surface area (Å²) in [5.74, 6) is 1.37. The molecule has 2 saturated heterocycles. The summed E-state index contributed by atoms with van der Waals surface area (Å²) in [5, 5.41) is 31.1. The normalized spacial score (nSPS) is 26.6. The van der Waals surface area contributed by atoms with E-state index in [1.807, 2.05) is 6.07 Å². The number of rotatable bonds is 5. The van der Waals surface area contributed by atoms with Crippen molar-refractivity contribution in [3.8, 4) is 39.9 Å². The molecular formula is C25H26FN7O3. The van der Waals surface area contributed by atoms with E-state index in [4.69, 9.17) is 9.47 Å². The second kappa shape index (κ2) is 8.51. The largest absolute Gasteiger partial charge is 0.507 e. The van der Waals surface area contributed by atoms with Crippen molar-refractivity contribution in [3.63, 3.8) is 0 Å². The van der Waals surface area contributed by atoms with E-state index >= 15 is 4.39 Å². The summed E-state index contributed by atoms with van der Waals surface area (Å²) in [4.78, 5) is 6.62. The molecule has 3 aromatic rings. The Labute approximate surface area is 206 Å². The van der Waals surface area contributed by atoms with Gasteiger partial charge in [0.25, 0.3) is 5.88 Å². The molecule has 3 fully saturated rings. The second-order valence-electron chi connectivity index (χ2n) is 9.90. The average Bonchev–Trinajstić information content (AvgIpc) is 3.66. The van der Waals surface area contributed by atoms with Crippen molar-refractivity contribution in [1.82, 2.24) is 30.7 Å². The molecule has 0 amide bonds. The van der Waals surface area contributed by atoms with Gasteiger partial charge < -0.3 is 24.8 Å². The first-order chi connectivity index (χ1) is 17.6. The van der Waals surface area contributed by atoms with E-state index in [2.05, 4.69) is 35.6 Å². The van der Waals surface area contributed by atoms with Gasteiger partial charge in [-0.2, -0.15) is 0 Å². The van der Waals surface area contributed by atoms with Crippen LogP contribution < -0.4 is 19.7 Å². The average molecular weight is 492 g/mol. The molecule has 2 N–H and O–H groups in total. The third-order valence-electron chi connectivity index (χ3n) is 7.51. The number of anilines is 1. The lowest BCUT2D eigenvalue weighted by Crippen LogP contribution is -2.57. The Hall–Kier alpha value is -3.60. The van der Waals surface area contributed by atoms with Crippen molar-refractivity contribution in [3.05, 3.63) is 30.5 Å². The summed E-state index contributed by atoms with van der Waals surface area (Å²) in [6.45, 7) is 0.892. The molecule has 1 aromatic carbocycles. The highest BCUT2D eigenvalue weighted by atomic mass is 19.1. The SMILES string of the molecule is Oc1cc(-c2cc3c(nn2)OCCO3)ccc1-c1cnc(N(C2CC2)[C@@H]2C[C@@H]3CC[C@H](N3)[C@@H]2F)nn1. The maximum atomic E-state index is 15.3. The highest BCUT2D eigenvalue weighted by Gasteiger charge is 2.48. The first-order valence-electron chi connectivity index (χ1n) is 12.5. The number of piperidine rings is 1. The Morgan fingerprint density at radius 2 is 1.83 bits per heavy atom. The number of aromatic hydroxyl groups is 1. The van der Waals surface area contributed by atoms with Gasteiger partial charge in [-0.05, 0) is 44.2 Å². The summed E-state index contributed by atoms with van der Waals surface area (Å²) in [6, 6.07) is 7.20. The van der Waals surface area contributed by atoms with Gasteiger partial charge in [0.1, 0.15) is 30.8 Å². The predicted molar refractivity (Wildman–Crippen MR) is 128 cm³/mol. The molecule has 186 valence electrons. The van der Waals surface area contributed by atoms with Crippen LogP contribution in [-0.4, -0.2) is 74.0 Å². The number of phenols is 1. The van der Waals surface area contributed by atoms with Crippen LogP contribution in [0.4, 0.5) is 10.3 Å². The van der Waals surface area contributed by atoms with Gasteiger partial charge in [0, 0.05) is 35.3 Å². The van der Waals surface area contributed by atoms with Crippen molar-refractivity contribution >= 4 is 5.95 Å². The van der Waals surface area contributed by atoms with E-state index < -0.39 is 6.17 Å². The molecule has 1 aliphatic carbocycles. The molecule has 36 heavy (non-hydrogen) atoms. The van der Waals surface area contributed by atoms with E-state index in [1.165, 1.54) is 0 Å². The van der Waals surface area contributed by atoms with E-state index in [0.717, 1.165) is 32.1 Å². The highest BCUT2D eigenvalue weighted by molar-refractivity contribution is 5.73. The number of nitrogens with zero attached hydrogens (tertiary/aromatic N) is 6. The number of aromatic nitrogens is 5. The van der Waals surface area contributed by atoms with Crippen LogP contribution in [0.1, 0.15) is 32.1 Å². The van der Waals surface area contributed by atoms with Crippen molar-refractivity contribution in [1.29, 1.82) is 0 Å². The summed E-state index contributed by atoms with van der Waals surface area (Å²) in [5.41, 5.74) is 2.16. The molecule has 1 saturated carbocycles. The fraction of sp³-hybridized carbons (Fsp3) is 0.480. The number of alkyl halides is 1. The molecule has 7 rings (SSSR count). The number of hydrogen-bond donors (Lipinski definition) is 2. The van der Waals surface area contributed by atoms with E-state index in [1.54, 1.807) is 24.4 Å². The van der Waals surface area contributed by atoms with Gasteiger partial charge in [-0.3, -0.25) is 0 Å². The number of benzene rings is 1. The van der Waals surface area contributed by atoms with Crippen LogP contribution in [-0.2, 0) is 0 Å². The second-order valence-corrected chi connectivity index (χ2v) is 9.90. The van der Waals surface area contributed by atoms with Gasteiger partial charge in [-0.25, -0.2) is 9.37 Å². The number of nitrogens with one attached hydrogen (secondary N) is 1. The fourth-order valence-corrected chi connectivity index (χ4v) is 5.60. The number of hydrogen-bond acceptors (Lipinski definition) is 10. The molecule has 11 heteroatoms. The van der Waals surface area contributed by atoms with Crippen molar-refractivity contribution < 1.29 is 19.0 Å². The number of ether oxygens (including phenoxy) is 2. The number of fused-ring (bicyclic) bond motifs is 3. The van der Waals surface area contributed by atoms with E-state index in [0.29, 0.717) is 59.3 Å². The van der Waals surface area contributed by atoms with Crippen LogP contribution in [0.2, 0.25) is 0 Å². The minimum Gasteiger partial charge on any atom is -0.507 e. The van der Waals surface area contributed by atoms with Crippen LogP contribution in [0.15, 0.2) is 30.5 Å². The van der Waals surface area contributed by atoms with Crippen molar-refractivity contribution in [2.24, 2.45) is 0 Å². The maximum Gasteiger partial charge on any atom is 0.276 e. The van der Waals surface area contributed by atoms with Crippen molar-refractivity contribution in [2.75, 3.05) is 18.1 Å². The third kappa shape index (κ3) is 3.78. The summed E-state index contributed by atoms with van der Waals surface area (Å²) < 4.78 is 26.3. The molecule has 2 bridgehead atoms. The number of halogens is 1. The first kappa shape index (κ1) is 21.7. The minimum atomic E-state index is -0.951. The quantitative estimate of drug-likeness (QED) is 0.551. The van der Waals surface area contributed by atoms with Gasteiger partial charge in [-0.1, -0.05) is 6.07 Å². The minimum absolute atomic E-state index is 0.0193. The fourth-order valence-electron chi connectivity index (χ4n) is 5.60. The zero-order chi connectivity index (χ0) is 24.2. The Kier molecular flexibility index (Phi) is 5.12. The lowest BCUT2D eigenvalue weighted by molar-refractivity contribution is 0.162. The Morgan fingerprint density at radius 3 is 2.64 bits per heavy atom. The summed E-state index contributed by atoms with van der Waals surface area (Å²) >= 11 is 0. The third-order valence-corrected chi connectivity index (χ3v) is 7.51. The maximum absolute atomic E-state index is 15.3. The molecule has 0 radical (unpaired) electrons. The Morgan fingerprint density at radius 1 is 0.972 bits per heavy atom. The highest BCUT2D eigenvalue weighted by Crippen LogP contribution is 2.40. The van der Waals surface area contributed by atoms with Crippen LogP contribution in [0.5, 0.6) is 17.4 Å². The van der Waals surface area contributed by atoms with Crippen molar-refractivity contribution in [2.45, 2.75) is 62.4 Å². The molecule has 4 atom stereocenters. The molecule has 5 heterocycles. The van der Waals surface area contributed by atoms with Crippen LogP contribution >= 0.6 is 0 Å². The van der Waals surface area contributed by atoms with E-state index in [-0.39, 0.29) is 23.9 Å². The first-order valence-corrected chi connectivity index (χ1v) is 12.5. The lowest BCUT2D eigenvalue weighted by atomic mass is 9.96. The smallest absolute Gasteiger partial charge is 0.276 e. The van der Waals surface area contributed by atoms with Crippen LogP contribution in [0, 0.1) is 0 Å². The molecule has 4 aliphatic rings.